The highest BCUT2D eigenvalue weighted by Gasteiger charge is 2.11. The van der Waals surface area contributed by atoms with Gasteiger partial charge in [-0.1, -0.05) is 15.9 Å². The molecule has 4 heteroatoms. The first kappa shape index (κ1) is 10.6. The van der Waals surface area contributed by atoms with Crippen LogP contribution in [0.5, 0.6) is 0 Å². The molecule has 1 aromatic heterocycles. The first-order valence-corrected chi connectivity index (χ1v) is 5.79. The van der Waals surface area contributed by atoms with E-state index in [0.717, 1.165) is 21.3 Å². The van der Waals surface area contributed by atoms with E-state index in [9.17, 15) is 0 Å². The van der Waals surface area contributed by atoms with E-state index >= 15 is 0 Å². The van der Waals surface area contributed by atoms with Gasteiger partial charge in [0.25, 0.3) is 0 Å². The molecule has 0 aliphatic rings. The number of nitrogens with two attached hydrogens (primary N) is 1. The number of benzene rings is 1. The molecule has 0 bridgehead atoms. The average Bonchev–Trinajstić information content (AvgIpc) is 2.55. The Morgan fingerprint density at radius 1 is 1.47 bits per heavy atom. The Morgan fingerprint density at radius 2 is 2.20 bits per heavy atom. The van der Waals surface area contributed by atoms with E-state index in [2.05, 4.69) is 45.4 Å². The molecule has 0 fully saturated rings. The summed E-state index contributed by atoms with van der Waals surface area (Å²) >= 11 is 3.47. The third kappa shape index (κ3) is 1.79. The summed E-state index contributed by atoms with van der Waals surface area (Å²) in [5, 5.41) is 0. The Balaban J connectivity index is 2.76. The minimum atomic E-state index is 0.378. The first-order chi connectivity index (χ1) is 7.13. The second kappa shape index (κ2) is 3.94. The molecular weight excluding hydrogens is 254 g/mol. The maximum Gasteiger partial charge on any atom is 0.123 e. The summed E-state index contributed by atoms with van der Waals surface area (Å²) in [7, 11) is 0. The third-order valence-electron chi connectivity index (χ3n) is 2.42. The van der Waals surface area contributed by atoms with Crippen molar-refractivity contribution in [2.45, 2.75) is 26.4 Å². The molecule has 0 atom stereocenters. The molecule has 0 unspecified atom stereocenters. The number of hydrogen-bond acceptors (Lipinski definition) is 2. The SMILES string of the molecule is CC(C)n1c(CN)nc2ccc(Br)cc21. The van der Waals surface area contributed by atoms with Crippen LogP contribution < -0.4 is 5.73 Å². The van der Waals surface area contributed by atoms with Crippen molar-refractivity contribution in [2.75, 3.05) is 0 Å². The number of halogens is 1. The van der Waals surface area contributed by atoms with Crippen LogP contribution in [0.25, 0.3) is 11.0 Å². The van der Waals surface area contributed by atoms with Gasteiger partial charge in [0, 0.05) is 10.5 Å². The summed E-state index contributed by atoms with van der Waals surface area (Å²) in [6.45, 7) is 4.76. The van der Waals surface area contributed by atoms with Gasteiger partial charge in [-0.2, -0.15) is 0 Å². The van der Waals surface area contributed by atoms with Crippen LogP contribution in [0, 0.1) is 0 Å². The fraction of sp³-hybridized carbons (Fsp3) is 0.364. The Morgan fingerprint density at radius 3 is 2.80 bits per heavy atom. The van der Waals surface area contributed by atoms with Gasteiger partial charge in [0.15, 0.2) is 0 Å². The molecule has 1 heterocycles. The summed E-state index contributed by atoms with van der Waals surface area (Å²) in [6, 6.07) is 6.47. The molecule has 15 heavy (non-hydrogen) atoms. The summed E-state index contributed by atoms with van der Waals surface area (Å²) in [4.78, 5) is 4.51. The molecule has 1 aromatic carbocycles. The lowest BCUT2D eigenvalue weighted by Gasteiger charge is -2.11. The Hall–Kier alpha value is -0.870. The van der Waals surface area contributed by atoms with Gasteiger partial charge in [0.05, 0.1) is 17.6 Å². The number of rotatable bonds is 2. The first-order valence-electron chi connectivity index (χ1n) is 5.00. The van der Waals surface area contributed by atoms with Crippen molar-refractivity contribution in [1.82, 2.24) is 9.55 Å². The van der Waals surface area contributed by atoms with Gasteiger partial charge in [-0.15, -0.1) is 0 Å². The van der Waals surface area contributed by atoms with Crippen LogP contribution in [0.1, 0.15) is 25.7 Å². The molecular formula is C11H14BrN3. The molecule has 0 aliphatic heterocycles. The van der Waals surface area contributed by atoms with E-state index in [1.54, 1.807) is 0 Å². The maximum atomic E-state index is 5.70. The van der Waals surface area contributed by atoms with Crippen molar-refractivity contribution in [3.05, 3.63) is 28.5 Å². The van der Waals surface area contributed by atoms with E-state index in [0.29, 0.717) is 12.6 Å². The molecule has 2 N–H and O–H groups in total. The van der Waals surface area contributed by atoms with Crippen LogP contribution in [-0.4, -0.2) is 9.55 Å². The molecule has 0 aliphatic carbocycles. The summed E-state index contributed by atoms with van der Waals surface area (Å²) in [6.07, 6.45) is 0. The predicted molar refractivity (Wildman–Crippen MR) is 65.7 cm³/mol. The molecule has 2 aromatic rings. The lowest BCUT2D eigenvalue weighted by Crippen LogP contribution is -2.10. The minimum Gasteiger partial charge on any atom is -0.324 e. The van der Waals surface area contributed by atoms with Crippen LogP contribution in [0.4, 0.5) is 0 Å². The van der Waals surface area contributed by atoms with Crippen LogP contribution in [0.15, 0.2) is 22.7 Å². The van der Waals surface area contributed by atoms with Crippen molar-refractivity contribution in [3.63, 3.8) is 0 Å². The molecule has 3 nitrogen and oxygen atoms in total. The van der Waals surface area contributed by atoms with Crippen molar-refractivity contribution in [1.29, 1.82) is 0 Å². The van der Waals surface area contributed by atoms with Gasteiger partial charge >= 0.3 is 0 Å². The molecule has 80 valence electrons. The highest BCUT2D eigenvalue weighted by molar-refractivity contribution is 9.10. The Kier molecular flexibility index (Phi) is 2.80. The van der Waals surface area contributed by atoms with Crippen LogP contribution >= 0.6 is 15.9 Å². The lowest BCUT2D eigenvalue weighted by molar-refractivity contribution is 0.585. The summed E-state index contributed by atoms with van der Waals surface area (Å²) in [5.41, 5.74) is 7.84. The number of fused-ring (bicyclic) bond motifs is 1. The predicted octanol–water partition coefficient (Wildman–Crippen LogP) is 2.84. The van der Waals surface area contributed by atoms with Gasteiger partial charge in [0.1, 0.15) is 5.82 Å². The zero-order valence-corrected chi connectivity index (χ0v) is 10.5. The van der Waals surface area contributed by atoms with E-state index < -0.39 is 0 Å². The largest absolute Gasteiger partial charge is 0.324 e. The Labute approximate surface area is 97.4 Å². The van der Waals surface area contributed by atoms with Gasteiger partial charge in [-0.05, 0) is 32.0 Å². The minimum absolute atomic E-state index is 0.378. The number of nitrogens with zero attached hydrogens (tertiary/aromatic N) is 2. The van der Waals surface area contributed by atoms with Crippen molar-refractivity contribution in [2.24, 2.45) is 5.73 Å². The highest BCUT2D eigenvalue weighted by Crippen LogP contribution is 2.24. The Bertz CT molecular complexity index is 488. The van der Waals surface area contributed by atoms with E-state index in [-0.39, 0.29) is 0 Å². The van der Waals surface area contributed by atoms with Gasteiger partial charge < -0.3 is 10.3 Å². The zero-order chi connectivity index (χ0) is 11.0. The second-order valence-electron chi connectivity index (χ2n) is 3.83. The van der Waals surface area contributed by atoms with Gasteiger partial charge in [-0.25, -0.2) is 4.98 Å². The smallest absolute Gasteiger partial charge is 0.123 e. The molecule has 0 radical (unpaired) electrons. The highest BCUT2D eigenvalue weighted by atomic mass is 79.9. The summed E-state index contributed by atoms with van der Waals surface area (Å²) in [5.74, 6) is 0.943. The molecule has 0 amide bonds. The second-order valence-corrected chi connectivity index (χ2v) is 4.74. The molecule has 0 saturated carbocycles. The average molecular weight is 268 g/mol. The number of aromatic nitrogens is 2. The molecule has 0 spiro atoms. The monoisotopic (exact) mass is 267 g/mol. The van der Waals surface area contributed by atoms with E-state index in [4.69, 9.17) is 5.73 Å². The van der Waals surface area contributed by atoms with Crippen LogP contribution in [0.3, 0.4) is 0 Å². The van der Waals surface area contributed by atoms with Crippen LogP contribution in [-0.2, 0) is 6.54 Å². The van der Waals surface area contributed by atoms with Crippen molar-refractivity contribution >= 4 is 27.0 Å². The topological polar surface area (TPSA) is 43.8 Å². The fourth-order valence-corrected chi connectivity index (χ4v) is 2.19. The summed E-state index contributed by atoms with van der Waals surface area (Å²) < 4.78 is 3.25. The fourth-order valence-electron chi connectivity index (χ4n) is 1.84. The standard InChI is InChI=1S/C11H14BrN3/c1-7(2)15-10-5-8(12)3-4-9(10)14-11(15)6-13/h3-5,7H,6,13H2,1-2H3. The van der Waals surface area contributed by atoms with Crippen molar-refractivity contribution in [3.8, 4) is 0 Å². The maximum absolute atomic E-state index is 5.70. The third-order valence-corrected chi connectivity index (χ3v) is 2.92. The van der Waals surface area contributed by atoms with Crippen molar-refractivity contribution < 1.29 is 0 Å². The number of hydrogen-bond donors (Lipinski definition) is 1. The normalized spacial score (nSPS) is 11.5. The zero-order valence-electron chi connectivity index (χ0n) is 8.87. The lowest BCUT2D eigenvalue weighted by atomic mass is 10.3. The quantitative estimate of drug-likeness (QED) is 0.910. The van der Waals surface area contributed by atoms with Gasteiger partial charge in [-0.3, -0.25) is 0 Å². The van der Waals surface area contributed by atoms with E-state index in [1.165, 1.54) is 0 Å². The van der Waals surface area contributed by atoms with Gasteiger partial charge in [0.2, 0.25) is 0 Å². The van der Waals surface area contributed by atoms with E-state index in [1.807, 2.05) is 12.1 Å². The molecule has 2 rings (SSSR count). The molecule has 0 saturated heterocycles. The van der Waals surface area contributed by atoms with Crippen LogP contribution in [0.2, 0.25) is 0 Å². The number of imidazole rings is 1.